The van der Waals surface area contributed by atoms with Gasteiger partial charge in [-0.1, -0.05) is 37.3 Å². The van der Waals surface area contributed by atoms with E-state index < -0.39 is 0 Å². The van der Waals surface area contributed by atoms with Gasteiger partial charge in [0.2, 0.25) is 0 Å². The number of halogens is 1. The highest BCUT2D eigenvalue weighted by molar-refractivity contribution is 5.70. The van der Waals surface area contributed by atoms with Gasteiger partial charge in [0.1, 0.15) is 5.82 Å². The molecule has 1 N–H and O–H groups in total. The molecule has 2 aromatic carbocycles. The van der Waals surface area contributed by atoms with Crippen LogP contribution in [0.25, 0.3) is 11.1 Å². The summed E-state index contributed by atoms with van der Waals surface area (Å²) in [6, 6.07) is 13.3. The highest BCUT2D eigenvalue weighted by Gasteiger charge is 2.07. The summed E-state index contributed by atoms with van der Waals surface area (Å²) in [5.74, 6) is -0.178. The fourth-order valence-electron chi connectivity index (χ4n) is 2.27. The van der Waals surface area contributed by atoms with E-state index in [1.165, 1.54) is 17.2 Å². The van der Waals surface area contributed by atoms with E-state index in [0.717, 1.165) is 30.6 Å². The van der Waals surface area contributed by atoms with Gasteiger partial charge in [0.15, 0.2) is 0 Å². The zero-order valence-electron chi connectivity index (χ0n) is 11.5. The zero-order chi connectivity index (χ0) is 13.7. The first kappa shape index (κ1) is 13.8. The van der Waals surface area contributed by atoms with E-state index in [0.29, 0.717) is 0 Å². The molecule has 0 saturated heterocycles. The van der Waals surface area contributed by atoms with Gasteiger partial charge in [0.05, 0.1) is 0 Å². The summed E-state index contributed by atoms with van der Waals surface area (Å²) in [5, 5.41) is 3.42. The lowest BCUT2D eigenvalue weighted by atomic mass is 9.96. The molecular weight excluding hydrogens is 237 g/mol. The van der Waals surface area contributed by atoms with E-state index in [9.17, 15) is 4.39 Å². The molecule has 0 radical (unpaired) electrons. The molecule has 0 saturated carbocycles. The van der Waals surface area contributed by atoms with E-state index in [1.54, 1.807) is 6.07 Å². The molecule has 19 heavy (non-hydrogen) atoms. The summed E-state index contributed by atoms with van der Waals surface area (Å²) in [4.78, 5) is 0. The lowest BCUT2D eigenvalue weighted by Gasteiger charge is -2.12. The van der Waals surface area contributed by atoms with Crippen molar-refractivity contribution in [1.29, 1.82) is 0 Å². The Balaban J connectivity index is 2.33. The van der Waals surface area contributed by atoms with E-state index in [-0.39, 0.29) is 5.82 Å². The minimum atomic E-state index is -0.178. The van der Waals surface area contributed by atoms with Gasteiger partial charge in [-0.05, 0) is 54.3 Å². The maximum Gasteiger partial charge on any atom is 0.123 e. The number of hydrogen-bond acceptors (Lipinski definition) is 1. The second-order valence-corrected chi connectivity index (χ2v) is 4.79. The predicted molar refractivity (Wildman–Crippen MR) is 78.6 cm³/mol. The highest BCUT2D eigenvalue weighted by atomic mass is 19.1. The van der Waals surface area contributed by atoms with Gasteiger partial charge in [-0.15, -0.1) is 0 Å². The minimum Gasteiger partial charge on any atom is -0.313 e. The average molecular weight is 257 g/mol. The molecular formula is C17H20FN. The molecule has 1 nitrogen and oxygen atoms in total. The van der Waals surface area contributed by atoms with Crippen molar-refractivity contribution in [1.82, 2.24) is 5.32 Å². The smallest absolute Gasteiger partial charge is 0.123 e. The summed E-state index contributed by atoms with van der Waals surface area (Å²) in [7, 11) is 0. The molecule has 0 aliphatic rings. The summed E-state index contributed by atoms with van der Waals surface area (Å²) in [6.07, 6.45) is 1.12. The summed E-state index contributed by atoms with van der Waals surface area (Å²) in [5.41, 5.74) is 4.52. The van der Waals surface area contributed by atoms with Crippen LogP contribution in [0.15, 0.2) is 42.5 Å². The molecule has 0 aliphatic carbocycles. The van der Waals surface area contributed by atoms with Crippen LogP contribution in [0.5, 0.6) is 0 Å². The van der Waals surface area contributed by atoms with Crippen LogP contribution >= 0.6 is 0 Å². The molecule has 2 rings (SSSR count). The quantitative estimate of drug-likeness (QED) is 0.787. The Bertz CT molecular complexity index is 549. The number of aryl methyl sites for hydroxylation is 1. The van der Waals surface area contributed by atoms with E-state index >= 15 is 0 Å². The van der Waals surface area contributed by atoms with Gasteiger partial charge in [-0.3, -0.25) is 0 Å². The van der Waals surface area contributed by atoms with Crippen LogP contribution in [-0.4, -0.2) is 6.54 Å². The van der Waals surface area contributed by atoms with Gasteiger partial charge in [0.25, 0.3) is 0 Å². The fraction of sp³-hybridized carbons (Fsp3) is 0.294. The van der Waals surface area contributed by atoms with Crippen molar-refractivity contribution < 1.29 is 4.39 Å². The standard InChI is InChI=1S/C17H20FN/c1-3-10-19-12-14-6-4-5-7-17(14)16-9-8-15(18)11-13(16)2/h4-9,11,19H,3,10,12H2,1-2H3. The largest absolute Gasteiger partial charge is 0.313 e. The first-order chi connectivity index (χ1) is 9.22. The molecule has 100 valence electrons. The van der Waals surface area contributed by atoms with Crippen molar-refractivity contribution in [2.45, 2.75) is 26.8 Å². The third-order valence-corrected chi connectivity index (χ3v) is 3.24. The fourth-order valence-corrected chi connectivity index (χ4v) is 2.27. The molecule has 0 spiro atoms. The van der Waals surface area contributed by atoms with Crippen molar-refractivity contribution in [3.63, 3.8) is 0 Å². The molecule has 0 amide bonds. The van der Waals surface area contributed by atoms with E-state index in [1.807, 2.05) is 25.1 Å². The average Bonchev–Trinajstić information content (AvgIpc) is 2.40. The predicted octanol–water partition coefficient (Wildman–Crippen LogP) is 4.30. The molecule has 0 unspecified atom stereocenters. The second-order valence-electron chi connectivity index (χ2n) is 4.79. The van der Waals surface area contributed by atoms with E-state index in [4.69, 9.17) is 0 Å². The third kappa shape index (κ3) is 3.42. The number of nitrogens with one attached hydrogen (secondary N) is 1. The Morgan fingerprint density at radius 3 is 2.58 bits per heavy atom. The van der Waals surface area contributed by atoms with Crippen LogP contribution in [0.3, 0.4) is 0 Å². The Labute approximate surface area is 114 Å². The maximum absolute atomic E-state index is 13.2. The zero-order valence-corrected chi connectivity index (χ0v) is 11.5. The Morgan fingerprint density at radius 1 is 1.05 bits per heavy atom. The van der Waals surface area contributed by atoms with Crippen molar-refractivity contribution in [2.24, 2.45) is 0 Å². The molecule has 0 atom stereocenters. The summed E-state index contributed by atoms with van der Waals surface area (Å²) in [6.45, 7) is 5.97. The van der Waals surface area contributed by atoms with Gasteiger partial charge in [-0.2, -0.15) is 0 Å². The molecule has 0 aromatic heterocycles. The van der Waals surface area contributed by atoms with Gasteiger partial charge in [0, 0.05) is 6.54 Å². The lowest BCUT2D eigenvalue weighted by Crippen LogP contribution is -2.14. The molecule has 0 fully saturated rings. The molecule has 2 aromatic rings. The van der Waals surface area contributed by atoms with E-state index in [2.05, 4.69) is 24.4 Å². The number of rotatable bonds is 5. The normalized spacial score (nSPS) is 10.7. The Morgan fingerprint density at radius 2 is 1.84 bits per heavy atom. The second kappa shape index (κ2) is 6.48. The SMILES string of the molecule is CCCNCc1ccccc1-c1ccc(F)cc1C. The van der Waals surface area contributed by atoms with Crippen LogP contribution in [0.2, 0.25) is 0 Å². The first-order valence-corrected chi connectivity index (χ1v) is 6.77. The monoisotopic (exact) mass is 257 g/mol. The topological polar surface area (TPSA) is 12.0 Å². The molecule has 0 heterocycles. The van der Waals surface area contributed by atoms with Crippen LogP contribution in [0.1, 0.15) is 24.5 Å². The molecule has 2 heteroatoms. The Hall–Kier alpha value is -1.67. The maximum atomic E-state index is 13.2. The number of hydrogen-bond donors (Lipinski definition) is 1. The highest BCUT2D eigenvalue weighted by Crippen LogP contribution is 2.27. The van der Waals surface area contributed by atoms with Crippen LogP contribution < -0.4 is 5.32 Å². The van der Waals surface area contributed by atoms with Gasteiger partial charge >= 0.3 is 0 Å². The van der Waals surface area contributed by atoms with Crippen molar-refractivity contribution in [2.75, 3.05) is 6.54 Å². The van der Waals surface area contributed by atoms with Crippen LogP contribution in [0, 0.1) is 12.7 Å². The van der Waals surface area contributed by atoms with Crippen LogP contribution in [-0.2, 0) is 6.54 Å². The van der Waals surface area contributed by atoms with Gasteiger partial charge in [-0.25, -0.2) is 4.39 Å². The lowest BCUT2D eigenvalue weighted by molar-refractivity contribution is 0.627. The molecule has 0 bridgehead atoms. The van der Waals surface area contributed by atoms with Crippen molar-refractivity contribution in [3.8, 4) is 11.1 Å². The van der Waals surface area contributed by atoms with Crippen molar-refractivity contribution in [3.05, 3.63) is 59.4 Å². The first-order valence-electron chi connectivity index (χ1n) is 6.77. The third-order valence-electron chi connectivity index (χ3n) is 3.24. The summed E-state index contributed by atoms with van der Waals surface area (Å²) < 4.78 is 13.2. The minimum absolute atomic E-state index is 0.178. The van der Waals surface area contributed by atoms with Crippen molar-refractivity contribution >= 4 is 0 Å². The van der Waals surface area contributed by atoms with Crippen LogP contribution in [0.4, 0.5) is 4.39 Å². The molecule has 0 aliphatic heterocycles. The Kier molecular flexibility index (Phi) is 4.69. The summed E-state index contributed by atoms with van der Waals surface area (Å²) >= 11 is 0. The van der Waals surface area contributed by atoms with Gasteiger partial charge < -0.3 is 5.32 Å². The number of benzene rings is 2.